The molecule has 0 atom stereocenters. The molecule has 0 aliphatic rings. The summed E-state index contributed by atoms with van der Waals surface area (Å²) in [7, 11) is 0. The molecule has 1 rings (SSSR count). The molecule has 1 aromatic rings. The van der Waals surface area contributed by atoms with E-state index in [2.05, 4.69) is 0 Å². The lowest BCUT2D eigenvalue weighted by atomic mass is 10.2. The highest BCUT2D eigenvalue weighted by molar-refractivity contribution is 6.31. The second-order valence-electron chi connectivity index (χ2n) is 2.37. The fourth-order valence-corrected chi connectivity index (χ4v) is 1.04. The maximum atomic E-state index is 12.9. The van der Waals surface area contributed by atoms with Crippen LogP contribution in [0.25, 0.3) is 0 Å². The number of nitrogens with zero attached hydrogens (tertiary/aromatic N) is 2. The van der Waals surface area contributed by atoms with Crippen LogP contribution in [-0.4, -0.2) is 9.85 Å². The highest BCUT2D eigenvalue weighted by Crippen LogP contribution is 2.33. The molecule has 15 heavy (non-hydrogen) atoms. The van der Waals surface area contributed by atoms with Gasteiger partial charge in [0, 0.05) is 0 Å². The molecule has 0 saturated heterocycles. The SMILES string of the molecule is O=[N+]([O-])c1cc([N+](=O)[O-])c(F)c(Cl)c1F. The van der Waals surface area contributed by atoms with E-state index in [0.717, 1.165) is 0 Å². The molecule has 0 radical (unpaired) electrons. The third-order valence-electron chi connectivity index (χ3n) is 1.50. The first kappa shape index (κ1) is 11.2. The Labute approximate surface area is 85.4 Å². The maximum Gasteiger partial charge on any atom is 0.313 e. The Bertz CT molecular complexity index is 427. The van der Waals surface area contributed by atoms with E-state index < -0.39 is 37.9 Å². The van der Waals surface area contributed by atoms with Crippen molar-refractivity contribution in [1.29, 1.82) is 0 Å². The van der Waals surface area contributed by atoms with Crippen molar-refractivity contribution >= 4 is 23.0 Å². The van der Waals surface area contributed by atoms with Crippen molar-refractivity contribution in [2.75, 3.05) is 0 Å². The number of hydrogen-bond acceptors (Lipinski definition) is 4. The molecule has 0 spiro atoms. The van der Waals surface area contributed by atoms with Gasteiger partial charge in [0.15, 0.2) is 0 Å². The minimum Gasteiger partial charge on any atom is -0.258 e. The number of halogens is 3. The van der Waals surface area contributed by atoms with Gasteiger partial charge in [0.25, 0.3) is 0 Å². The number of rotatable bonds is 2. The van der Waals surface area contributed by atoms with Crippen LogP contribution in [0.15, 0.2) is 6.07 Å². The first-order valence-corrected chi connectivity index (χ1v) is 3.70. The first-order valence-electron chi connectivity index (χ1n) is 3.32. The van der Waals surface area contributed by atoms with Crippen LogP contribution >= 0.6 is 11.6 Å². The lowest BCUT2D eigenvalue weighted by Gasteiger charge is -1.99. The van der Waals surface area contributed by atoms with Crippen molar-refractivity contribution in [2.24, 2.45) is 0 Å². The quantitative estimate of drug-likeness (QED) is 0.450. The van der Waals surface area contributed by atoms with Gasteiger partial charge < -0.3 is 0 Å². The second-order valence-corrected chi connectivity index (χ2v) is 2.75. The third-order valence-corrected chi connectivity index (χ3v) is 1.83. The van der Waals surface area contributed by atoms with Gasteiger partial charge in [-0.2, -0.15) is 8.78 Å². The highest BCUT2D eigenvalue weighted by atomic mass is 35.5. The Hall–Kier alpha value is -1.83. The van der Waals surface area contributed by atoms with Gasteiger partial charge >= 0.3 is 11.4 Å². The summed E-state index contributed by atoms with van der Waals surface area (Å²) in [4.78, 5) is 18.0. The molecule has 0 aromatic heterocycles. The van der Waals surface area contributed by atoms with E-state index in [0.29, 0.717) is 0 Å². The van der Waals surface area contributed by atoms with E-state index in [-0.39, 0.29) is 6.07 Å². The molecular weight excluding hydrogens is 238 g/mol. The minimum absolute atomic E-state index is 0.177. The van der Waals surface area contributed by atoms with Crippen LogP contribution in [0.3, 0.4) is 0 Å². The molecule has 80 valence electrons. The summed E-state index contributed by atoms with van der Waals surface area (Å²) in [6.07, 6.45) is 0. The van der Waals surface area contributed by atoms with Crippen LogP contribution in [0.2, 0.25) is 5.02 Å². The molecule has 0 aliphatic heterocycles. The van der Waals surface area contributed by atoms with Gasteiger partial charge in [-0.05, 0) is 0 Å². The Morgan fingerprint density at radius 1 is 1.07 bits per heavy atom. The van der Waals surface area contributed by atoms with Crippen LogP contribution in [0.1, 0.15) is 0 Å². The fraction of sp³-hybridized carbons (Fsp3) is 0. The summed E-state index contributed by atoms with van der Waals surface area (Å²) in [5.41, 5.74) is -2.48. The zero-order valence-electron chi connectivity index (χ0n) is 6.74. The van der Waals surface area contributed by atoms with Crippen LogP contribution in [0.5, 0.6) is 0 Å². The van der Waals surface area contributed by atoms with Gasteiger partial charge in [-0.3, -0.25) is 20.2 Å². The molecular formula is C6HClF2N2O4. The zero-order valence-corrected chi connectivity index (χ0v) is 7.49. The first-order chi connectivity index (χ1) is 6.86. The van der Waals surface area contributed by atoms with E-state index >= 15 is 0 Å². The normalized spacial score (nSPS) is 10.1. The topological polar surface area (TPSA) is 86.3 Å². The van der Waals surface area contributed by atoms with Crippen molar-refractivity contribution < 1.29 is 18.6 Å². The lowest BCUT2D eigenvalue weighted by Crippen LogP contribution is -2.00. The predicted molar refractivity (Wildman–Crippen MR) is 44.7 cm³/mol. The number of nitro groups is 2. The van der Waals surface area contributed by atoms with Gasteiger partial charge in [0.05, 0.1) is 9.85 Å². The average Bonchev–Trinajstić information content (AvgIpc) is 2.13. The van der Waals surface area contributed by atoms with E-state index in [4.69, 9.17) is 11.6 Å². The summed E-state index contributed by atoms with van der Waals surface area (Å²) in [6.45, 7) is 0. The molecule has 0 unspecified atom stereocenters. The average molecular weight is 239 g/mol. The molecule has 0 heterocycles. The number of hydrogen-bond donors (Lipinski definition) is 0. The molecule has 0 bridgehead atoms. The smallest absolute Gasteiger partial charge is 0.258 e. The molecule has 0 aliphatic carbocycles. The van der Waals surface area contributed by atoms with Crippen LogP contribution in [0, 0.1) is 31.9 Å². The molecule has 6 nitrogen and oxygen atoms in total. The van der Waals surface area contributed by atoms with Gasteiger partial charge in [-0.1, -0.05) is 11.6 Å². The van der Waals surface area contributed by atoms with Gasteiger partial charge in [0.2, 0.25) is 11.6 Å². The number of benzene rings is 1. The summed E-state index contributed by atoms with van der Waals surface area (Å²) < 4.78 is 25.8. The van der Waals surface area contributed by atoms with E-state index in [1.54, 1.807) is 0 Å². The molecule has 0 amide bonds. The summed E-state index contributed by atoms with van der Waals surface area (Å²) in [5, 5.41) is 19.2. The monoisotopic (exact) mass is 238 g/mol. The summed E-state index contributed by atoms with van der Waals surface area (Å²) >= 11 is 5.02. The van der Waals surface area contributed by atoms with Crippen molar-refractivity contribution in [1.82, 2.24) is 0 Å². The lowest BCUT2D eigenvalue weighted by molar-refractivity contribution is -0.397. The van der Waals surface area contributed by atoms with Crippen LogP contribution in [-0.2, 0) is 0 Å². The Balaban J connectivity index is 3.59. The molecule has 0 saturated carbocycles. The Morgan fingerprint density at radius 3 is 1.67 bits per heavy atom. The van der Waals surface area contributed by atoms with Crippen LogP contribution < -0.4 is 0 Å². The molecule has 0 fully saturated rings. The summed E-state index contributed by atoms with van der Waals surface area (Å²) in [6, 6.07) is 0.177. The van der Waals surface area contributed by atoms with Crippen molar-refractivity contribution in [3.63, 3.8) is 0 Å². The highest BCUT2D eigenvalue weighted by Gasteiger charge is 2.29. The predicted octanol–water partition coefficient (Wildman–Crippen LogP) is 2.43. The van der Waals surface area contributed by atoms with Crippen molar-refractivity contribution in [2.45, 2.75) is 0 Å². The van der Waals surface area contributed by atoms with Gasteiger partial charge in [0.1, 0.15) is 11.1 Å². The Morgan fingerprint density at radius 2 is 1.40 bits per heavy atom. The van der Waals surface area contributed by atoms with E-state index in [1.807, 2.05) is 0 Å². The zero-order chi connectivity index (χ0) is 11.7. The van der Waals surface area contributed by atoms with Crippen molar-refractivity contribution in [3.8, 4) is 0 Å². The van der Waals surface area contributed by atoms with Gasteiger partial charge in [-0.15, -0.1) is 0 Å². The van der Waals surface area contributed by atoms with E-state index in [1.165, 1.54) is 0 Å². The van der Waals surface area contributed by atoms with Crippen molar-refractivity contribution in [3.05, 3.63) is 43.0 Å². The molecule has 9 heteroatoms. The molecule has 1 aromatic carbocycles. The second kappa shape index (κ2) is 3.73. The fourth-order valence-electron chi connectivity index (χ4n) is 0.843. The Kier molecular flexibility index (Phi) is 2.80. The molecule has 0 N–H and O–H groups in total. The van der Waals surface area contributed by atoms with Crippen LogP contribution in [0.4, 0.5) is 20.2 Å². The standard InChI is InChI=1S/C6HClF2N2O4/c7-4-5(8)2(10(12)13)1-3(6(4)9)11(14)15/h1H. The maximum absolute atomic E-state index is 12.9. The largest absolute Gasteiger partial charge is 0.313 e. The van der Waals surface area contributed by atoms with Gasteiger partial charge in [-0.25, -0.2) is 0 Å². The van der Waals surface area contributed by atoms with E-state index in [9.17, 15) is 29.0 Å². The summed E-state index contributed by atoms with van der Waals surface area (Å²) in [5.74, 6) is -3.27. The minimum atomic E-state index is -1.63. The third kappa shape index (κ3) is 1.84. The number of nitro benzene ring substituents is 2.